The van der Waals surface area contributed by atoms with Gasteiger partial charge in [0.1, 0.15) is 5.56 Å². The standard InChI is InChI=1S/C24H19F3N6O/c1-2-32-11-10-16(31-32)13-28-23(34)19-14-29-33-21(24(25,26)27)12-20(30-22(19)33)18-9-5-7-15-6-3-4-8-17(15)18/h3-12,14H,2,13H2,1H3,(H,28,34). The maximum absolute atomic E-state index is 13.9. The molecule has 7 nitrogen and oxygen atoms in total. The zero-order valence-electron chi connectivity index (χ0n) is 18.0. The van der Waals surface area contributed by atoms with Gasteiger partial charge >= 0.3 is 6.18 Å². The average Bonchev–Trinajstić information content (AvgIpc) is 3.48. The third-order valence-electron chi connectivity index (χ3n) is 5.52. The number of nitrogens with one attached hydrogen (secondary N) is 1. The quantitative estimate of drug-likeness (QED) is 0.409. The van der Waals surface area contributed by atoms with Gasteiger partial charge in [0.05, 0.1) is 24.1 Å². The summed E-state index contributed by atoms with van der Waals surface area (Å²) < 4.78 is 44.2. The third-order valence-corrected chi connectivity index (χ3v) is 5.52. The summed E-state index contributed by atoms with van der Waals surface area (Å²) >= 11 is 0. The molecule has 0 aliphatic heterocycles. The molecule has 0 aliphatic rings. The number of carbonyl (C=O) groups is 1. The first kappa shape index (κ1) is 21.6. The van der Waals surface area contributed by atoms with Crippen LogP contribution in [0.5, 0.6) is 0 Å². The fourth-order valence-electron chi connectivity index (χ4n) is 3.85. The van der Waals surface area contributed by atoms with Crippen LogP contribution in [0.15, 0.2) is 67.0 Å². The Balaban J connectivity index is 1.60. The van der Waals surface area contributed by atoms with Gasteiger partial charge in [0.15, 0.2) is 11.3 Å². The Morgan fingerprint density at radius 3 is 2.65 bits per heavy atom. The average molecular weight is 464 g/mol. The van der Waals surface area contributed by atoms with Crippen molar-refractivity contribution in [1.29, 1.82) is 0 Å². The van der Waals surface area contributed by atoms with Crippen LogP contribution in [0, 0.1) is 0 Å². The highest BCUT2D eigenvalue weighted by molar-refractivity contribution is 6.00. The van der Waals surface area contributed by atoms with E-state index in [9.17, 15) is 18.0 Å². The summed E-state index contributed by atoms with van der Waals surface area (Å²) in [5.41, 5.74) is 0.0294. The fraction of sp³-hybridized carbons (Fsp3) is 0.167. The van der Waals surface area contributed by atoms with E-state index in [1.807, 2.05) is 37.3 Å². The summed E-state index contributed by atoms with van der Waals surface area (Å²) in [4.78, 5) is 17.3. The number of amides is 1. The molecule has 0 radical (unpaired) electrons. The highest BCUT2D eigenvalue weighted by Gasteiger charge is 2.36. The Bertz CT molecular complexity index is 1510. The maximum atomic E-state index is 13.9. The second-order valence-corrected chi connectivity index (χ2v) is 7.69. The predicted molar refractivity (Wildman–Crippen MR) is 120 cm³/mol. The lowest BCUT2D eigenvalue weighted by molar-refractivity contribution is -0.142. The van der Waals surface area contributed by atoms with Crippen molar-refractivity contribution >= 4 is 22.3 Å². The van der Waals surface area contributed by atoms with Gasteiger partial charge in [-0.1, -0.05) is 42.5 Å². The fourth-order valence-corrected chi connectivity index (χ4v) is 3.85. The van der Waals surface area contributed by atoms with Crippen LogP contribution in [0.1, 0.15) is 28.7 Å². The van der Waals surface area contributed by atoms with Crippen LogP contribution in [-0.4, -0.2) is 30.3 Å². The second kappa shape index (κ2) is 8.29. The van der Waals surface area contributed by atoms with Crippen LogP contribution >= 0.6 is 0 Å². The molecule has 3 aromatic heterocycles. The number of alkyl halides is 3. The molecule has 0 atom stereocenters. The van der Waals surface area contributed by atoms with Crippen LogP contribution in [0.25, 0.3) is 27.7 Å². The third kappa shape index (κ3) is 3.87. The van der Waals surface area contributed by atoms with Crippen LogP contribution in [0.4, 0.5) is 13.2 Å². The molecule has 3 heterocycles. The molecule has 5 aromatic rings. The topological polar surface area (TPSA) is 77.1 Å². The van der Waals surface area contributed by atoms with Gasteiger partial charge in [-0.15, -0.1) is 0 Å². The molecule has 0 spiro atoms. The maximum Gasteiger partial charge on any atom is 0.433 e. The number of nitrogens with zero attached hydrogens (tertiary/aromatic N) is 5. The summed E-state index contributed by atoms with van der Waals surface area (Å²) in [6.07, 6.45) is -1.82. The van der Waals surface area contributed by atoms with Gasteiger partial charge in [0, 0.05) is 18.3 Å². The lowest BCUT2D eigenvalue weighted by atomic mass is 10.0. The summed E-state index contributed by atoms with van der Waals surface area (Å²) in [6, 6.07) is 15.4. The number of aryl methyl sites for hydroxylation is 1. The number of rotatable bonds is 5. The molecule has 2 aromatic carbocycles. The molecule has 0 aliphatic carbocycles. The Kier molecular flexibility index (Phi) is 5.27. The summed E-state index contributed by atoms with van der Waals surface area (Å²) in [5, 5.41) is 12.4. The summed E-state index contributed by atoms with van der Waals surface area (Å²) in [5.74, 6) is -0.586. The van der Waals surface area contributed by atoms with E-state index in [4.69, 9.17) is 0 Å². The molecule has 0 saturated carbocycles. The molecule has 10 heteroatoms. The first-order chi connectivity index (χ1) is 16.3. The zero-order valence-corrected chi connectivity index (χ0v) is 18.0. The van der Waals surface area contributed by atoms with Crippen molar-refractivity contribution in [3.05, 3.63) is 83.9 Å². The number of aromatic nitrogens is 5. The molecule has 0 saturated heterocycles. The Labute approximate surface area is 191 Å². The van der Waals surface area contributed by atoms with Crippen molar-refractivity contribution in [2.45, 2.75) is 26.2 Å². The van der Waals surface area contributed by atoms with Gasteiger partial charge in [0.25, 0.3) is 5.91 Å². The lowest BCUT2D eigenvalue weighted by Crippen LogP contribution is -2.23. The minimum Gasteiger partial charge on any atom is -0.346 e. The van der Waals surface area contributed by atoms with Crippen molar-refractivity contribution in [2.24, 2.45) is 0 Å². The molecule has 0 fully saturated rings. The van der Waals surface area contributed by atoms with Crippen LogP contribution in [0.2, 0.25) is 0 Å². The number of carbonyl (C=O) groups excluding carboxylic acids is 1. The molecule has 34 heavy (non-hydrogen) atoms. The normalized spacial score (nSPS) is 11.9. The minimum atomic E-state index is -4.70. The first-order valence-electron chi connectivity index (χ1n) is 10.6. The van der Waals surface area contributed by atoms with Gasteiger partial charge in [-0.25, -0.2) is 9.50 Å². The molecule has 172 valence electrons. The van der Waals surface area contributed by atoms with E-state index in [2.05, 4.69) is 20.5 Å². The van der Waals surface area contributed by atoms with E-state index >= 15 is 0 Å². The highest BCUT2D eigenvalue weighted by atomic mass is 19.4. The number of hydrogen-bond donors (Lipinski definition) is 1. The SMILES string of the molecule is CCn1ccc(CNC(=O)c2cnn3c(C(F)(F)F)cc(-c4cccc5ccccc45)nc23)n1. The van der Waals surface area contributed by atoms with Gasteiger partial charge in [0.2, 0.25) is 0 Å². The van der Waals surface area contributed by atoms with Crippen molar-refractivity contribution in [3.8, 4) is 11.3 Å². The Hall–Kier alpha value is -4.21. The molecular formula is C24H19F3N6O. The van der Waals surface area contributed by atoms with Crippen LogP contribution < -0.4 is 5.32 Å². The molecular weight excluding hydrogens is 445 g/mol. The monoisotopic (exact) mass is 464 g/mol. The van der Waals surface area contributed by atoms with Crippen molar-refractivity contribution in [3.63, 3.8) is 0 Å². The molecule has 1 amide bonds. The number of fused-ring (bicyclic) bond motifs is 2. The van der Waals surface area contributed by atoms with Crippen molar-refractivity contribution in [2.75, 3.05) is 0 Å². The van der Waals surface area contributed by atoms with E-state index in [1.165, 1.54) is 0 Å². The first-order valence-corrected chi connectivity index (χ1v) is 10.6. The minimum absolute atomic E-state index is 0.0532. The van der Waals surface area contributed by atoms with E-state index < -0.39 is 17.8 Å². The highest BCUT2D eigenvalue weighted by Crippen LogP contribution is 2.34. The van der Waals surface area contributed by atoms with E-state index in [1.54, 1.807) is 29.1 Å². The zero-order chi connectivity index (χ0) is 23.9. The molecule has 0 bridgehead atoms. The smallest absolute Gasteiger partial charge is 0.346 e. The van der Waals surface area contributed by atoms with Crippen LogP contribution in [-0.2, 0) is 19.3 Å². The number of hydrogen-bond acceptors (Lipinski definition) is 4. The summed E-state index contributed by atoms with van der Waals surface area (Å²) in [7, 11) is 0. The van der Waals surface area contributed by atoms with Crippen molar-refractivity contribution < 1.29 is 18.0 Å². The Morgan fingerprint density at radius 1 is 1.09 bits per heavy atom. The molecule has 5 rings (SSSR count). The lowest BCUT2D eigenvalue weighted by Gasteiger charge is -2.13. The van der Waals surface area contributed by atoms with E-state index in [0.717, 1.165) is 23.0 Å². The number of halogens is 3. The molecule has 1 N–H and O–H groups in total. The van der Waals surface area contributed by atoms with E-state index in [-0.39, 0.29) is 23.4 Å². The van der Waals surface area contributed by atoms with Crippen molar-refractivity contribution in [1.82, 2.24) is 29.7 Å². The van der Waals surface area contributed by atoms with Gasteiger partial charge in [-0.05, 0) is 29.8 Å². The van der Waals surface area contributed by atoms with Gasteiger partial charge in [-0.2, -0.15) is 23.4 Å². The van der Waals surface area contributed by atoms with E-state index in [0.29, 0.717) is 22.3 Å². The van der Waals surface area contributed by atoms with Gasteiger partial charge in [-0.3, -0.25) is 9.48 Å². The van der Waals surface area contributed by atoms with Gasteiger partial charge < -0.3 is 5.32 Å². The summed E-state index contributed by atoms with van der Waals surface area (Å²) in [6.45, 7) is 2.74. The Morgan fingerprint density at radius 2 is 1.88 bits per heavy atom. The predicted octanol–water partition coefficient (Wildman–Crippen LogP) is 4.71. The second-order valence-electron chi connectivity index (χ2n) is 7.69. The molecule has 0 unspecified atom stereocenters. The number of benzene rings is 2. The largest absolute Gasteiger partial charge is 0.433 e. The van der Waals surface area contributed by atoms with Crippen LogP contribution in [0.3, 0.4) is 0 Å².